The highest BCUT2D eigenvalue weighted by Gasteiger charge is 2.43. The number of ketones is 1. The van der Waals surface area contributed by atoms with Crippen molar-refractivity contribution in [1.29, 1.82) is 0 Å². The lowest BCUT2D eigenvalue weighted by Crippen LogP contribution is -2.51. The second kappa shape index (κ2) is 11.6. The minimum Gasteiger partial charge on any atom is -0.464 e. The number of hydrogen-bond donors (Lipinski definition) is 1. The van der Waals surface area contributed by atoms with Crippen molar-refractivity contribution in [2.24, 2.45) is 5.41 Å². The van der Waals surface area contributed by atoms with Gasteiger partial charge in [-0.1, -0.05) is 68.5 Å². The fourth-order valence-electron chi connectivity index (χ4n) is 6.45. The lowest BCUT2D eigenvalue weighted by Gasteiger charge is -2.39. The van der Waals surface area contributed by atoms with E-state index in [0.29, 0.717) is 30.8 Å². The van der Waals surface area contributed by atoms with E-state index in [1.165, 1.54) is 5.56 Å². The Balaban J connectivity index is 1.24. The van der Waals surface area contributed by atoms with E-state index in [1.807, 2.05) is 66.4 Å². The summed E-state index contributed by atoms with van der Waals surface area (Å²) in [5, 5.41) is 3.61. The number of benzene rings is 2. The number of carbonyl (C=O) groups excluding carboxylic acids is 2. The van der Waals surface area contributed by atoms with Crippen molar-refractivity contribution >= 4 is 29.1 Å². The molecular weight excluding hydrogens is 524 g/mol. The first-order valence-corrected chi connectivity index (χ1v) is 14.9. The molecule has 0 saturated carbocycles. The third kappa shape index (κ3) is 5.93. The van der Waals surface area contributed by atoms with E-state index in [4.69, 9.17) is 4.42 Å². The van der Waals surface area contributed by atoms with E-state index in [-0.39, 0.29) is 23.7 Å². The Hall–Kier alpha value is -4.10. The van der Waals surface area contributed by atoms with Gasteiger partial charge in [0.15, 0.2) is 5.78 Å². The van der Waals surface area contributed by atoms with Gasteiger partial charge < -0.3 is 19.5 Å². The van der Waals surface area contributed by atoms with Crippen molar-refractivity contribution in [1.82, 2.24) is 9.80 Å². The zero-order chi connectivity index (χ0) is 29.3. The van der Waals surface area contributed by atoms with Crippen LogP contribution < -0.4 is 10.2 Å². The molecule has 1 atom stereocenters. The standard InChI is InChI=1S/C35H40N4O3/c1-25-15-16-31(42-25)34-33-28(22-35(2,3)23-30(33)40)36-27-13-7-8-14-29(27)39(34)24-32(41)38-20-18-37(19-21-38)17-9-12-26-10-5-4-6-11-26/h4-16,34,36H,17-24H2,1-3H3/b12-9+. The maximum absolute atomic E-state index is 13.9. The number of amides is 1. The van der Waals surface area contributed by atoms with Gasteiger partial charge in [0.05, 0.1) is 17.9 Å². The molecular formula is C35H40N4O3. The predicted molar refractivity (Wildman–Crippen MR) is 167 cm³/mol. The maximum atomic E-state index is 13.9. The van der Waals surface area contributed by atoms with Crippen LogP contribution >= 0.6 is 0 Å². The van der Waals surface area contributed by atoms with Gasteiger partial charge in [-0.15, -0.1) is 0 Å². The van der Waals surface area contributed by atoms with Crippen LogP contribution in [0.2, 0.25) is 0 Å². The smallest absolute Gasteiger partial charge is 0.242 e. The third-order valence-electron chi connectivity index (χ3n) is 8.54. The van der Waals surface area contributed by atoms with Gasteiger partial charge in [0.25, 0.3) is 0 Å². The summed E-state index contributed by atoms with van der Waals surface area (Å²) in [5.74, 6) is 1.64. The molecule has 6 rings (SSSR count). The second-order valence-electron chi connectivity index (χ2n) is 12.4. The number of piperazine rings is 1. The lowest BCUT2D eigenvalue weighted by atomic mass is 9.74. The van der Waals surface area contributed by atoms with E-state index in [2.05, 4.69) is 53.2 Å². The quantitative estimate of drug-likeness (QED) is 0.393. The second-order valence-corrected chi connectivity index (χ2v) is 12.4. The van der Waals surface area contributed by atoms with Crippen molar-refractivity contribution in [3.63, 3.8) is 0 Å². The van der Waals surface area contributed by atoms with Crippen LogP contribution in [0, 0.1) is 12.3 Å². The van der Waals surface area contributed by atoms with Crippen LogP contribution in [0.5, 0.6) is 0 Å². The summed E-state index contributed by atoms with van der Waals surface area (Å²) in [5.41, 5.74) is 4.48. The van der Waals surface area contributed by atoms with E-state index < -0.39 is 6.04 Å². The molecule has 0 bridgehead atoms. The number of Topliss-reactive ketones (excluding diaryl/α,β-unsaturated/α-hetero) is 1. The van der Waals surface area contributed by atoms with Gasteiger partial charge in [-0.2, -0.15) is 0 Å². The third-order valence-corrected chi connectivity index (χ3v) is 8.54. The number of nitrogens with one attached hydrogen (secondary N) is 1. The van der Waals surface area contributed by atoms with Crippen molar-refractivity contribution in [3.8, 4) is 0 Å². The summed E-state index contributed by atoms with van der Waals surface area (Å²) >= 11 is 0. The van der Waals surface area contributed by atoms with Gasteiger partial charge >= 0.3 is 0 Å². The highest BCUT2D eigenvalue weighted by molar-refractivity contribution is 6.01. The van der Waals surface area contributed by atoms with Gasteiger partial charge in [-0.3, -0.25) is 14.5 Å². The van der Waals surface area contributed by atoms with E-state index >= 15 is 0 Å². The van der Waals surface area contributed by atoms with Gasteiger partial charge in [0.1, 0.15) is 17.6 Å². The summed E-state index contributed by atoms with van der Waals surface area (Å²) < 4.78 is 6.19. The van der Waals surface area contributed by atoms with Crippen molar-refractivity contribution in [2.75, 3.05) is 49.5 Å². The molecule has 1 N–H and O–H groups in total. The molecule has 3 aliphatic rings. The molecule has 1 fully saturated rings. The zero-order valence-corrected chi connectivity index (χ0v) is 24.8. The van der Waals surface area contributed by atoms with E-state index in [0.717, 1.165) is 48.9 Å². The highest BCUT2D eigenvalue weighted by Crippen LogP contribution is 2.48. The molecule has 3 heterocycles. The average Bonchev–Trinajstić information content (AvgIpc) is 3.34. The van der Waals surface area contributed by atoms with Crippen LogP contribution in [0.15, 0.2) is 88.5 Å². The van der Waals surface area contributed by atoms with Gasteiger partial charge in [0.2, 0.25) is 5.91 Å². The predicted octanol–water partition coefficient (Wildman–Crippen LogP) is 6.06. The van der Waals surface area contributed by atoms with Crippen LogP contribution in [-0.4, -0.2) is 60.8 Å². The minimum absolute atomic E-state index is 0.0604. The number of aryl methyl sites for hydroxylation is 1. The molecule has 1 aliphatic carbocycles. The number of nitrogens with zero attached hydrogens (tertiary/aromatic N) is 3. The molecule has 1 amide bonds. The summed E-state index contributed by atoms with van der Waals surface area (Å²) in [7, 11) is 0. The fraction of sp³-hybridized carbons (Fsp3) is 0.371. The molecule has 1 saturated heterocycles. The normalized spacial score (nSPS) is 20.7. The summed E-state index contributed by atoms with van der Waals surface area (Å²) in [4.78, 5) is 34.2. The number of anilines is 2. The van der Waals surface area contributed by atoms with Crippen molar-refractivity contribution < 1.29 is 14.0 Å². The Morgan fingerprint density at radius 1 is 0.976 bits per heavy atom. The summed E-state index contributed by atoms with van der Waals surface area (Å²) in [6.07, 6.45) is 5.55. The first kappa shape index (κ1) is 28.0. The Labute approximate surface area is 248 Å². The molecule has 7 nitrogen and oxygen atoms in total. The number of carbonyl (C=O) groups is 2. The molecule has 3 aromatic rings. The number of furan rings is 1. The Kier molecular flexibility index (Phi) is 7.78. The number of rotatable bonds is 6. The molecule has 1 unspecified atom stereocenters. The Morgan fingerprint density at radius 2 is 1.71 bits per heavy atom. The van der Waals surface area contributed by atoms with Crippen molar-refractivity contribution in [3.05, 3.63) is 101 Å². The SMILES string of the molecule is Cc1ccc(C2C3=C(CC(C)(C)CC3=O)Nc3ccccc3N2CC(=O)N2CCN(C/C=C/c3ccccc3)CC2)o1. The number of allylic oxidation sites excluding steroid dienone is 1. The average molecular weight is 565 g/mol. The van der Waals surface area contributed by atoms with E-state index in [1.54, 1.807) is 0 Å². The highest BCUT2D eigenvalue weighted by atomic mass is 16.3. The first-order chi connectivity index (χ1) is 20.3. The van der Waals surface area contributed by atoms with Crippen LogP contribution in [0.4, 0.5) is 11.4 Å². The van der Waals surface area contributed by atoms with Crippen LogP contribution in [-0.2, 0) is 9.59 Å². The molecule has 1 aromatic heterocycles. The van der Waals surface area contributed by atoms with Crippen LogP contribution in [0.25, 0.3) is 6.08 Å². The number of fused-ring (bicyclic) bond motifs is 1. The summed E-state index contributed by atoms with van der Waals surface area (Å²) in [6, 6.07) is 21.7. The monoisotopic (exact) mass is 564 g/mol. The van der Waals surface area contributed by atoms with Gasteiger partial charge in [-0.05, 0) is 48.6 Å². The minimum atomic E-state index is -0.484. The molecule has 2 aliphatic heterocycles. The molecule has 218 valence electrons. The Bertz CT molecular complexity index is 1510. The molecule has 0 radical (unpaired) electrons. The van der Waals surface area contributed by atoms with Gasteiger partial charge in [0, 0.05) is 50.4 Å². The number of para-hydroxylation sites is 2. The largest absolute Gasteiger partial charge is 0.464 e. The maximum Gasteiger partial charge on any atom is 0.242 e. The van der Waals surface area contributed by atoms with Gasteiger partial charge in [-0.25, -0.2) is 0 Å². The summed E-state index contributed by atoms with van der Waals surface area (Å²) in [6.45, 7) is 10.2. The van der Waals surface area contributed by atoms with E-state index in [9.17, 15) is 9.59 Å². The van der Waals surface area contributed by atoms with Crippen LogP contribution in [0.1, 0.15) is 49.8 Å². The molecule has 0 spiro atoms. The fourth-order valence-corrected chi connectivity index (χ4v) is 6.45. The van der Waals surface area contributed by atoms with Crippen molar-refractivity contribution in [2.45, 2.75) is 39.7 Å². The lowest BCUT2D eigenvalue weighted by molar-refractivity contribution is -0.131. The molecule has 42 heavy (non-hydrogen) atoms. The topological polar surface area (TPSA) is 69.0 Å². The molecule has 2 aromatic carbocycles. The van der Waals surface area contributed by atoms with Crippen LogP contribution in [0.3, 0.4) is 0 Å². The Morgan fingerprint density at radius 3 is 2.45 bits per heavy atom. The molecule has 7 heteroatoms. The first-order valence-electron chi connectivity index (χ1n) is 14.9. The number of hydrogen-bond acceptors (Lipinski definition) is 6. The zero-order valence-electron chi connectivity index (χ0n) is 24.8.